The third-order valence-corrected chi connectivity index (χ3v) is 10.2. The molecule has 1 aromatic rings. The third kappa shape index (κ3) is 19.4. The number of carbonyl (C=O) groups is 2. The number of hydrogen-bond donors (Lipinski definition) is 2. The minimum atomic E-state index is 0. The Morgan fingerprint density at radius 3 is 1.25 bits per heavy atom. The first-order valence-electron chi connectivity index (χ1n) is 19.7. The SMILES string of the molecule is Br.Br.CCCCCCCCCCNC(=O)C1CCCN(Cc2ccc(CN3CCCC(C(=O)NCCCCCCCCCC)C3)cc2)C1. The van der Waals surface area contributed by atoms with Crippen LogP contribution in [0.2, 0.25) is 0 Å². The second-order valence-electron chi connectivity index (χ2n) is 14.5. The molecule has 48 heavy (non-hydrogen) atoms. The Labute approximate surface area is 316 Å². The van der Waals surface area contributed by atoms with Crippen molar-refractivity contribution < 1.29 is 9.59 Å². The quantitative estimate of drug-likeness (QED) is 0.102. The molecule has 8 heteroatoms. The number of unbranched alkanes of at least 4 members (excludes halogenated alkanes) is 14. The zero-order valence-corrected chi connectivity index (χ0v) is 34.2. The molecule has 2 atom stereocenters. The van der Waals surface area contributed by atoms with Crippen LogP contribution in [0.15, 0.2) is 24.3 Å². The third-order valence-electron chi connectivity index (χ3n) is 10.2. The van der Waals surface area contributed by atoms with Crippen LogP contribution in [-0.4, -0.2) is 60.9 Å². The summed E-state index contributed by atoms with van der Waals surface area (Å²) in [5.41, 5.74) is 2.64. The number of halogens is 2. The van der Waals surface area contributed by atoms with E-state index in [0.717, 1.165) is 90.9 Å². The summed E-state index contributed by atoms with van der Waals surface area (Å²) < 4.78 is 0. The number of hydrogen-bond acceptors (Lipinski definition) is 4. The van der Waals surface area contributed by atoms with E-state index in [-0.39, 0.29) is 57.6 Å². The van der Waals surface area contributed by atoms with Gasteiger partial charge in [-0.05, 0) is 62.7 Å². The molecular formula is C40H72Br2N4O2. The van der Waals surface area contributed by atoms with E-state index >= 15 is 0 Å². The molecule has 3 rings (SSSR count). The molecule has 0 aromatic heterocycles. The van der Waals surface area contributed by atoms with Crippen LogP contribution in [0.3, 0.4) is 0 Å². The lowest BCUT2D eigenvalue weighted by Crippen LogP contribution is -2.43. The number of nitrogens with zero attached hydrogens (tertiary/aromatic N) is 2. The van der Waals surface area contributed by atoms with Crippen molar-refractivity contribution in [2.45, 2.75) is 155 Å². The minimum Gasteiger partial charge on any atom is -0.356 e. The lowest BCUT2D eigenvalue weighted by Gasteiger charge is -2.32. The van der Waals surface area contributed by atoms with Crippen molar-refractivity contribution in [3.63, 3.8) is 0 Å². The number of carbonyl (C=O) groups excluding carboxylic acids is 2. The van der Waals surface area contributed by atoms with Crippen LogP contribution in [0, 0.1) is 11.8 Å². The van der Waals surface area contributed by atoms with Crippen molar-refractivity contribution in [2.24, 2.45) is 11.8 Å². The number of nitrogens with one attached hydrogen (secondary N) is 2. The van der Waals surface area contributed by atoms with E-state index in [1.807, 2.05) is 0 Å². The highest BCUT2D eigenvalue weighted by Gasteiger charge is 2.27. The van der Waals surface area contributed by atoms with Crippen LogP contribution in [0.25, 0.3) is 0 Å². The van der Waals surface area contributed by atoms with Gasteiger partial charge in [0.1, 0.15) is 0 Å². The number of benzene rings is 1. The summed E-state index contributed by atoms with van der Waals surface area (Å²) in [6.45, 7) is 11.9. The van der Waals surface area contributed by atoms with E-state index in [0.29, 0.717) is 0 Å². The van der Waals surface area contributed by atoms with E-state index in [9.17, 15) is 9.59 Å². The molecule has 2 heterocycles. The molecule has 0 radical (unpaired) electrons. The van der Waals surface area contributed by atoms with Crippen molar-refractivity contribution >= 4 is 45.8 Å². The number of rotatable bonds is 24. The van der Waals surface area contributed by atoms with Gasteiger partial charge in [0.2, 0.25) is 11.8 Å². The first kappa shape index (κ1) is 45.1. The molecule has 0 aliphatic carbocycles. The van der Waals surface area contributed by atoms with Gasteiger partial charge < -0.3 is 10.6 Å². The topological polar surface area (TPSA) is 64.7 Å². The Balaban J connectivity index is 0.00000576. The Bertz CT molecular complexity index is 873. The fourth-order valence-corrected chi connectivity index (χ4v) is 7.32. The Morgan fingerprint density at radius 2 is 0.896 bits per heavy atom. The molecule has 2 N–H and O–H groups in total. The zero-order valence-electron chi connectivity index (χ0n) is 30.8. The standard InChI is InChI=1S/C40H70N4O2.2BrH/c1-3-5-7-9-11-13-15-17-27-41-39(45)37-21-19-29-43(33-37)31-35-23-25-36(26-24-35)32-44-30-20-22-38(34-44)40(46)42-28-18-16-14-12-10-8-6-4-2;;/h23-26,37-38H,3-22,27-34H2,1-2H3,(H,41,45)(H,42,46);2*1H. The van der Waals surface area contributed by atoms with Crippen LogP contribution >= 0.6 is 34.0 Å². The van der Waals surface area contributed by atoms with Gasteiger partial charge in [0.15, 0.2) is 0 Å². The molecule has 0 bridgehead atoms. The minimum absolute atomic E-state index is 0. The molecule has 2 aliphatic heterocycles. The van der Waals surface area contributed by atoms with Gasteiger partial charge in [-0.15, -0.1) is 34.0 Å². The van der Waals surface area contributed by atoms with Gasteiger partial charge in [0, 0.05) is 39.3 Å². The predicted molar refractivity (Wildman–Crippen MR) is 214 cm³/mol. The van der Waals surface area contributed by atoms with E-state index in [2.05, 4.69) is 58.5 Å². The summed E-state index contributed by atoms with van der Waals surface area (Å²) in [5, 5.41) is 6.47. The molecule has 2 aliphatic rings. The maximum Gasteiger partial charge on any atom is 0.224 e. The summed E-state index contributed by atoms with van der Waals surface area (Å²) in [4.78, 5) is 30.6. The molecule has 278 valence electrons. The van der Waals surface area contributed by atoms with Crippen molar-refractivity contribution in [2.75, 3.05) is 39.3 Å². The van der Waals surface area contributed by atoms with Gasteiger partial charge in [0.25, 0.3) is 0 Å². The first-order valence-corrected chi connectivity index (χ1v) is 19.7. The monoisotopic (exact) mass is 798 g/mol. The van der Waals surface area contributed by atoms with Crippen molar-refractivity contribution in [1.82, 2.24) is 20.4 Å². The fraction of sp³-hybridized carbons (Fsp3) is 0.800. The second-order valence-corrected chi connectivity index (χ2v) is 14.5. The van der Waals surface area contributed by atoms with Crippen LogP contribution in [0.4, 0.5) is 0 Å². The Hall–Kier alpha value is -0.960. The molecule has 6 nitrogen and oxygen atoms in total. The molecule has 0 spiro atoms. The number of likely N-dealkylation sites (tertiary alicyclic amines) is 2. The molecule has 0 saturated carbocycles. The van der Waals surface area contributed by atoms with Gasteiger partial charge in [-0.1, -0.05) is 128 Å². The average molecular weight is 801 g/mol. The van der Waals surface area contributed by atoms with Crippen LogP contribution < -0.4 is 10.6 Å². The van der Waals surface area contributed by atoms with Crippen LogP contribution in [-0.2, 0) is 22.7 Å². The zero-order chi connectivity index (χ0) is 32.7. The van der Waals surface area contributed by atoms with Crippen molar-refractivity contribution in [3.8, 4) is 0 Å². The molecule has 2 amide bonds. The average Bonchev–Trinajstić information content (AvgIpc) is 3.07. The van der Waals surface area contributed by atoms with Crippen molar-refractivity contribution in [3.05, 3.63) is 35.4 Å². The van der Waals surface area contributed by atoms with E-state index in [1.54, 1.807) is 0 Å². The fourth-order valence-electron chi connectivity index (χ4n) is 7.32. The van der Waals surface area contributed by atoms with Gasteiger partial charge in [0.05, 0.1) is 11.8 Å². The maximum absolute atomic E-state index is 12.9. The highest BCUT2D eigenvalue weighted by molar-refractivity contribution is 8.93. The highest BCUT2D eigenvalue weighted by Crippen LogP contribution is 2.22. The van der Waals surface area contributed by atoms with Crippen LogP contribution in [0.5, 0.6) is 0 Å². The molecule has 2 fully saturated rings. The summed E-state index contributed by atoms with van der Waals surface area (Å²) >= 11 is 0. The van der Waals surface area contributed by atoms with E-state index in [4.69, 9.17) is 0 Å². The lowest BCUT2D eigenvalue weighted by atomic mass is 9.96. The number of piperidine rings is 2. The first-order chi connectivity index (χ1) is 22.6. The number of amides is 2. The molecule has 2 unspecified atom stereocenters. The Morgan fingerprint density at radius 1 is 0.562 bits per heavy atom. The second kappa shape index (κ2) is 28.7. The normalized spacial score (nSPS) is 18.5. The van der Waals surface area contributed by atoms with Crippen molar-refractivity contribution in [1.29, 1.82) is 0 Å². The predicted octanol–water partition coefficient (Wildman–Crippen LogP) is 9.78. The van der Waals surface area contributed by atoms with E-state index in [1.165, 1.54) is 101 Å². The van der Waals surface area contributed by atoms with Gasteiger partial charge in [-0.3, -0.25) is 19.4 Å². The molecule has 1 aromatic carbocycles. The van der Waals surface area contributed by atoms with Gasteiger partial charge in [-0.2, -0.15) is 0 Å². The summed E-state index contributed by atoms with van der Waals surface area (Å²) in [6, 6.07) is 9.05. The lowest BCUT2D eigenvalue weighted by molar-refractivity contribution is -0.127. The van der Waals surface area contributed by atoms with Crippen LogP contribution in [0.1, 0.15) is 153 Å². The van der Waals surface area contributed by atoms with E-state index < -0.39 is 0 Å². The highest BCUT2D eigenvalue weighted by atomic mass is 79.9. The Kier molecular flexibility index (Phi) is 26.9. The maximum atomic E-state index is 12.9. The van der Waals surface area contributed by atoms with Gasteiger partial charge in [-0.25, -0.2) is 0 Å². The smallest absolute Gasteiger partial charge is 0.224 e. The molecular weight excluding hydrogens is 728 g/mol. The van der Waals surface area contributed by atoms with Gasteiger partial charge >= 0.3 is 0 Å². The summed E-state index contributed by atoms with van der Waals surface area (Å²) in [6.07, 6.45) is 24.9. The summed E-state index contributed by atoms with van der Waals surface area (Å²) in [7, 11) is 0. The molecule has 2 saturated heterocycles. The summed E-state index contributed by atoms with van der Waals surface area (Å²) in [5.74, 6) is 0.743. The largest absolute Gasteiger partial charge is 0.356 e.